The summed E-state index contributed by atoms with van der Waals surface area (Å²) in [5.74, 6) is -1.19. The van der Waals surface area contributed by atoms with Crippen LogP contribution in [0.5, 0.6) is 5.75 Å². The number of phenols is 1. The van der Waals surface area contributed by atoms with E-state index in [1.165, 1.54) is 6.07 Å². The van der Waals surface area contributed by atoms with E-state index in [-0.39, 0.29) is 28.8 Å². The first-order chi connectivity index (χ1) is 7.61. The Balaban J connectivity index is 2.54. The lowest BCUT2D eigenvalue weighted by molar-refractivity contribution is 0.380. The van der Waals surface area contributed by atoms with E-state index in [1.54, 1.807) is 0 Å². The third-order valence-corrected chi connectivity index (χ3v) is 2.13. The Morgan fingerprint density at radius 3 is 2.88 bits per heavy atom. The second kappa shape index (κ2) is 4.07. The van der Waals surface area contributed by atoms with Crippen molar-refractivity contribution in [1.82, 2.24) is 10.1 Å². The minimum atomic E-state index is -0.846. The van der Waals surface area contributed by atoms with Crippen molar-refractivity contribution in [1.29, 1.82) is 0 Å². The highest BCUT2D eigenvalue weighted by Gasteiger charge is 2.16. The fourth-order valence-electron chi connectivity index (χ4n) is 1.18. The molecule has 0 spiro atoms. The third-order valence-electron chi connectivity index (χ3n) is 1.91. The summed E-state index contributed by atoms with van der Waals surface area (Å²) >= 11 is 5.65. The summed E-state index contributed by atoms with van der Waals surface area (Å²) in [5.41, 5.74) is 5.34. The first-order valence-corrected chi connectivity index (χ1v) is 4.70. The molecule has 16 heavy (non-hydrogen) atoms. The minimum absolute atomic E-state index is 0.0411. The lowest BCUT2D eigenvalue weighted by atomic mass is 10.2. The van der Waals surface area contributed by atoms with Gasteiger partial charge in [-0.25, -0.2) is 4.39 Å². The molecule has 2 aromatic rings. The van der Waals surface area contributed by atoms with Gasteiger partial charge in [0.15, 0.2) is 11.6 Å². The van der Waals surface area contributed by atoms with Gasteiger partial charge in [0.2, 0.25) is 11.7 Å². The van der Waals surface area contributed by atoms with Gasteiger partial charge >= 0.3 is 0 Å². The van der Waals surface area contributed by atoms with Crippen molar-refractivity contribution in [3.8, 4) is 17.1 Å². The molecule has 0 bridgehead atoms. The van der Waals surface area contributed by atoms with Crippen LogP contribution < -0.4 is 5.73 Å². The molecule has 0 amide bonds. The van der Waals surface area contributed by atoms with Gasteiger partial charge < -0.3 is 15.4 Å². The Labute approximate surface area is 94.6 Å². The number of nitrogens with zero attached hydrogens (tertiary/aromatic N) is 2. The van der Waals surface area contributed by atoms with Gasteiger partial charge in [-0.2, -0.15) is 4.98 Å². The van der Waals surface area contributed by atoms with Crippen LogP contribution in [0, 0.1) is 5.82 Å². The molecule has 0 radical (unpaired) electrons. The van der Waals surface area contributed by atoms with Crippen LogP contribution in [0.3, 0.4) is 0 Å². The van der Waals surface area contributed by atoms with Gasteiger partial charge in [0.25, 0.3) is 0 Å². The molecule has 2 rings (SSSR count). The highest BCUT2D eigenvalue weighted by molar-refractivity contribution is 6.30. The van der Waals surface area contributed by atoms with E-state index in [4.69, 9.17) is 21.9 Å². The van der Waals surface area contributed by atoms with Gasteiger partial charge in [0.05, 0.1) is 12.1 Å². The number of nitrogens with two attached hydrogens (primary N) is 1. The number of phenolic OH excluding ortho intramolecular Hbond substituents is 1. The van der Waals surface area contributed by atoms with E-state index >= 15 is 0 Å². The molecule has 0 fully saturated rings. The number of hydrogen-bond acceptors (Lipinski definition) is 5. The maximum atomic E-state index is 13.2. The van der Waals surface area contributed by atoms with Crippen LogP contribution in [0.15, 0.2) is 16.7 Å². The average Bonchev–Trinajstić information content (AvgIpc) is 2.71. The predicted molar refractivity (Wildman–Crippen MR) is 54.3 cm³/mol. The largest absolute Gasteiger partial charge is 0.504 e. The summed E-state index contributed by atoms with van der Waals surface area (Å²) in [4.78, 5) is 3.85. The summed E-state index contributed by atoms with van der Waals surface area (Å²) in [6.45, 7) is 0.0663. The monoisotopic (exact) mass is 243 g/mol. The van der Waals surface area contributed by atoms with E-state index < -0.39 is 11.6 Å². The fourth-order valence-corrected chi connectivity index (χ4v) is 1.39. The van der Waals surface area contributed by atoms with Gasteiger partial charge in [-0.15, -0.1) is 0 Å². The second-order valence-corrected chi connectivity index (χ2v) is 3.44. The van der Waals surface area contributed by atoms with Gasteiger partial charge in [-0.1, -0.05) is 16.8 Å². The summed E-state index contributed by atoms with van der Waals surface area (Å²) in [6.07, 6.45) is 0. The van der Waals surface area contributed by atoms with E-state index in [0.29, 0.717) is 0 Å². The number of aromatic hydroxyl groups is 1. The molecule has 0 aliphatic heterocycles. The van der Waals surface area contributed by atoms with Crippen LogP contribution in [-0.4, -0.2) is 15.2 Å². The zero-order chi connectivity index (χ0) is 11.7. The smallest absolute Gasteiger partial charge is 0.240 e. The van der Waals surface area contributed by atoms with Crippen LogP contribution in [0.1, 0.15) is 5.89 Å². The van der Waals surface area contributed by atoms with Crippen LogP contribution in [0.25, 0.3) is 11.4 Å². The van der Waals surface area contributed by atoms with Crippen molar-refractivity contribution in [2.24, 2.45) is 5.73 Å². The molecule has 0 saturated carbocycles. The number of halogens is 2. The molecule has 0 aliphatic carbocycles. The Hall–Kier alpha value is -1.66. The van der Waals surface area contributed by atoms with E-state index in [9.17, 15) is 9.50 Å². The number of rotatable bonds is 2. The molecule has 0 aliphatic rings. The molecule has 0 saturated heterocycles. The van der Waals surface area contributed by atoms with Crippen molar-refractivity contribution < 1.29 is 14.0 Å². The van der Waals surface area contributed by atoms with Crippen molar-refractivity contribution in [3.63, 3.8) is 0 Å². The Morgan fingerprint density at radius 1 is 1.50 bits per heavy atom. The van der Waals surface area contributed by atoms with Gasteiger partial charge in [-0.3, -0.25) is 0 Å². The Kier molecular flexibility index (Phi) is 2.76. The van der Waals surface area contributed by atoms with Gasteiger partial charge in [0, 0.05) is 5.02 Å². The van der Waals surface area contributed by atoms with Gasteiger partial charge in [-0.05, 0) is 12.1 Å². The molecule has 1 heterocycles. The molecule has 7 heteroatoms. The van der Waals surface area contributed by atoms with E-state index in [1.807, 2.05) is 0 Å². The van der Waals surface area contributed by atoms with Crippen LogP contribution in [0.2, 0.25) is 5.02 Å². The molecule has 0 atom stereocenters. The van der Waals surface area contributed by atoms with Crippen LogP contribution >= 0.6 is 11.6 Å². The van der Waals surface area contributed by atoms with Gasteiger partial charge in [0.1, 0.15) is 0 Å². The topological polar surface area (TPSA) is 85.2 Å². The molecular weight excluding hydrogens is 237 g/mol. The normalized spacial score (nSPS) is 10.7. The second-order valence-electron chi connectivity index (χ2n) is 3.00. The highest BCUT2D eigenvalue weighted by atomic mass is 35.5. The average molecular weight is 244 g/mol. The summed E-state index contributed by atoms with van der Waals surface area (Å²) in [5, 5.41) is 13.1. The van der Waals surface area contributed by atoms with E-state index in [0.717, 1.165) is 6.07 Å². The number of hydrogen-bond donors (Lipinski definition) is 2. The molecular formula is C9H7ClFN3O2. The Bertz CT molecular complexity index is 529. The van der Waals surface area contributed by atoms with Crippen molar-refractivity contribution >= 4 is 11.6 Å². The summed E-state index contributed by atoms with van der Waals surface area (Å²) in [6, 6.07) is 2.33. The fraction of sp³-hybridized carbons (Fsp3) is 0.111. The maximum Gasteiger partial charge on any atom is 0.240 e. The minimum Gasteiger partial charge on any atom is -0.504 e. The molecule has 3 N–H and O–H groups in total. The lowest BCUT2D eigenvalue weighted by Crippen LogP contribution is -1.95. The predicted octanol–water partition coefficient (Wildman–Crippen LogP) is 1.69. The summed E-state index contributed by atoms with van der Waals surface area (Å²) < 4.78 is 17.9. The zero-order valence-electron chi connectivity index (χ0n) is 7.94. The molecule has 84 valence electrons. The quantitative estimate of drug-likeness (QED) is 0.838. The molecule has 5 nitrogen and oxygen atoms in total. The van der Waals surface area contributed by atoms with Crippen molar-refractivity contribution in [3.05, 3.63) is 28.9 Å². The number of benzene rings is 1. The molecule has 0 unspecified atom stereocenters. The SMILES string of the molecule is NCc1nc(-c2cc(Cl)cc(F)c2O)no1. The standard InChI is InChI=1S/C9H7ClFN3O2/c10-4-1-5(8(15)6(11)2-4)9-13-7(3-12)16-14-9/h1-2,15H,3,12H2. The maximum absolute atomic E-state index is 13.2. The lowest BCUT2D eigenvalue weighted by Gasteiger charge is -2.01. The first kappa shape index (κ1) is 10.8. The highest BCUT2D eigenvalue weighted by Crippen LogP contribution is 2.32. The van der Waals surface area contributed by atoms with Crippen LogP contribution in [0.4, 0.5) is 4.39 Å². The zero-order valence-corrected chi connectivity index (χ0v) is 8.70. The van der Waals surface area contributed by atoms with Crippen molar-refractivity contribution in [2.75, 3.05) is 0 Å². The van der Waals surface area contributed by atoms with Crippen LogP contribution in [-0.2, 0) is 6.54 Å². The Morgan fingerprint density at radius 2 is 2.25 bits per heavy atom. The molecule has 1 aromatic heterocycles. The third kappa shape index (κ3) is 1.84. The first-order valence-electron chi connectivity index (χ1n) is 4.33. The molecule has 1 aromatic carbocycles. The van der Waals surface area contributed by atoms with Crippen molar-refractivity contribution in [2.45, 2.75) is 6.54 Å². The summed E-state index contributed by atoms with van der Waals surface area (Å²) in [7, 11) is 0. The number of aromatic nitrogens is 2. The van der Waals surface area contributed by atoms with E-state index in [2.05, 4.69) is 10.1 Å².